The van der Waals surface area contributed by atoms with E-state index in [9.17, 15) is 24.8 Å². The molecule has 9 heteroatoms. The van der Waals surface area contributed by atoms with E-state index in [0.717, 1.165) is 21.7 Å². The maximum atomic E-state index is 14.3. The fourth-order valence-corrected chi connectivity index (χ4v) is 5.72. The first-order valence-electron chi connectivity index (χ1n) is 10.7. The van der Waals surface area contributed by atoms with Crippen LogP contribution in [-0.2, 0) is 4.74 Å². The van der Waals surface area contributed by atoms with Crippen LogP contribution in [0.15, 0.2) is 64.5 Å². The average molecular weight is 504 g/mol. The van der Waals surface area contributed by atoms with Gasteiger partial charge in [0.1, 0.15) is 30.2 Å². The van der Waals surface area contributed by atoms with Crippen molar-refractivity contribution in [3.8, 4) is 0 Å². The number of aliphatic hydroxyl groups excluding tert-OH is 4. The van der Waals surface area contributed by atoms with Crippen molar-refractivity contribution < 1.29 is 29.6 Å². The summed E-state index contributed by atoms with van der Waals surface area (Å²) in [7, 11) is 0. The van der Waals surface area contributed by atoms with E-state index < -0.39 is 43.1 Å². The zero-order chi connectivity index (χ0) is 24.1. The Bertz CT molecular complexity index is 1380. The van der Waals surface area contributed by atoms with Crippen LogP contribution in [-0.4, -0.2) is 56.0 Å². The lowest BCUT2D eigenvalue weighted by Gasteiger charge is -2.40. The highest BCUT2D eigenvalue weighted by Gasteiger charge is 2.44. The Labute approximate surface area is 204 Å². The van der Waals surface area contributed by atoms with Gasteiger partial charge >= 0.3 is 0 Å². The van der Waals surface area contributed by atoms with Crippen LogP contribution in [0.2, 0.25) is 5.02 Å². The van der Waals surface area contributed by atoms with Gasteiger partial charge in [-0.2, -0.15) is 0 Å². The van der Waals surface area contributed by atoms with E-state index in [4.69, 9.17) is 16.3 Å². The molecule has 34 heavy (non-hydrogen) atoms. The number of ether oxygens (including phenoxy) is 1. The molecule has 5 atom stereocenters. The van der Waals surface area contributed by atoms with Crippen LogP contribution in [0.4, 0.5) is 4.39 Å². The monoisotopic (exact) mass is 503 g/mol. The summed E-state index contributed by atoms with van der Waals surface area (Å²) in [4.78, 5) is 1.59. The van der Waals surface area contributed by atoms with Gasteiger partial charge in [-0.1, -0.05) is 53.2 Å². The molecule has 3 aromatic carbocycles. The van der Waals surface area contributed by atoms with Gasteiger partial charge in [-0.15, -0.1) is 0 Å². The van der Waals surface area contributed by atoms with E-state index in [2.05, 4.69) is 6.07 Å². The van der Waals surface area contributed by atoms with Gasteiger partial charge in [0.25, 0.3) is 0 Å². The molecule has 0 radical (unpaired) electrons. The standard InChI is InChI=1S/C25H23ClFNO5S/c1-12-2-3-14-7-16(5-4-13(14)6-12)34-20-10-28(21-17(20)8-15(27)9-18(21)26)25-24(32)23(31)22(30)19(11-29)33-25/h2-10,19,22-25,29-32H,11H2,1H3/t19-,22-,23+,24-,25-/m1/s1. The van der Waals surface area contributed by atoms with Crippen molar-refractivity contribution in [3.63, 3.8) is 0 Å². The lowest BCUT2D eigenvalue weighted by atomic mass is 9.98. The first-order valence-corrected chi connectivity index (χ1v) is 11.9. The van der Waals surface area contributed by atoms with Crippen molar-refractivity contribution in [1.29, 1.82) is 0 Å². The number of rotatable bonds is 4. The summed E-state index contributed by atoms with van der Waals surface area (Å²) in [6, 6.07) is 14.7. The van der Waals surface area contributed by atoms with E-state index in [-0.39, 0.29) is 5.02 Å². The second-order valence-electron chi connectivity index (χ2n) is 8.52. The molecule has 1 fully saturated rings. The van der Waals surface area contributed by atoms with Gasteiger partial charge in [-0.05, 0) is 42.0 Å². The largest absolute Gasteiger partial charge is 0.394 e. The smallest absolute Gasteiger partial charge is 0.163 e. The number of fused-ring (bicyclic) bond motifs is 2. The number of aryl methyl sites for hydroxylation is 1. The molecular formula is C25H23ClFNO5S. The summed E-state index contributed by atoms with van der Waals surface area (Å²) in [5.74, 6) is -0.514. The average Bonchev–Trinajstić information content (AvgIpc) is 3.16. The number of nitrogens with zero attached hydrogens (tertiary/aromatic N) is 1. The van der Waals surface area contributed by atoms with E-state index >= 15 is 0 Å². The predicted octanol–water partition coefficient (Wildman–Crippen LogP) is 4.02. The molecule has 1 aromatic heterocycles. The molecule has 0 unspecified atom stereocenters. The van der Waals surface area contributed by atoms with Crippen molar-refractivity contribution in [3.05, 3.63) is 71.1 Å². The van der Waals surface area contributed by atoms with Crippen LogP contribution in [0.1, 0.15) is 11.8 Å². The summed E-state index contributed by atoms with van der Waals surface area (Å²) in [5, 5.41) is 43.4. The Hall–Kier alpha value is -2.17. The molecule has 178 valence electrons. The SMILES string of the molecule is Cc1ccc2cc(Sc3cn([C@@H]4O[C@H](CO)[C@@H](O)[C@H](O)[C@H]4O)c4c(Cl)cc(F)cc34)ccc2c1. The zero-order valence-corrected chi connectivity index (χ0v) is 19.7. The highest BCUT2D eigenvalue weighted by Crippen LogP contribution is 2.42. The molecule has 4 N–H and O–H groups in total. The van der Waals surface area contributed by atoms with E-state index in [1.54, 1.807) is 6.20 Å². The molecule has 0 amide bonds. The number of hydrogen-bond acceptors (Lipinski definition) is 6. The summed E-state index contributed by atoms with van der Waals surface area (Å²) < 4.78 is 21.6. The van der Waals surface area contributed by atoms with Crippen LogP contribution in [0.3, 0.4) is 0 Å². The second kappa shape index (κ2) is 9.13. The van der Waals surface area contributed by atoms with Crippen LogP contribution < -0.4 is 0 Å². The normalized spacial score (nSPS) is 25.3. The maximum absolute atomic E-state index is 14.3. The molecule has 5 rings (SSSR count). The second-order valence-corrected chi connectivity index (χ2v) is 10.0. The van der Waals surface area contributed by atoms with Gasteiger partial charge in [0.2, 0.25) is 0 Å². The third-order valence-electron chi connectivity index (χ3n) is 6.14. The molecule has 1 saturated heterocycles. The summed E-state index contributed by atoms with van der Waals surface area (Å²) in [6.45, 7) is 1.48. The van der Waals surface area contributed by atoms with Crippen LogP contribution in [0.5, 0.6) is 0 Å². The Morgan fingerprint density at radius 1 is 1.00 bits per heavy atom. The number of hydrogen-bond donors (Lipinski definition) is 4. The van der Waals surface area contributed by atoms with Gasteiger partial charge in [-0.25, -0.2) is 4.39 Å². The minimum Gasteiger partial charge on any atom is -0.394 e. The molecule has 0 aliphatic carbocycles. The van der Waals surface area contributed by atoms with Gasteiger partial charge < -0.3 is 29.7 Å². The number of benzene rings is 3. The van der Waals surface area contributed by atoms with Crippen LogP contribution in [0.25, 0.3) is 21.7 Å². The third kappa shape index (κ3) is 4.09. The number of halogens is 2. The van der Waals surface area contributed by atoms with Crippen LogP contribution in [0, 0.1) is 12.7 Å². The van der Waals surface area contributed by atoms with Gasteiger partial charge in [-0.3, -0.25) is 0 Å². The first kappa shape index (κ1) is 23.6. The molecule has 1 aliphatic rings. The van der Waals surface area contributed by atoms with Crippen molar-refractivity contribution in [2.45, 2.75) is 47.4 Å². The van der Waals surface area contributed by atoms with E-state index in [0.29, 0.717) is 15.8 Å². The predicted molar refractivity (Wildman–Crippen MR) is 129 cm³/mol. The Kier molecular flexibility index (Phi) is 6.32. The molecule has 0 bridgehead atoms. The topological polar surface area (TPSA) is 95.1 Å². The highest BCUT2D eigenvalue weighted by atomic mass is 35.5. The number of aromatic nitrogens is 1. The van der Waals surface area contributed by atoms with Gasteiger partial charge in [0.05, 0.1) is 17.1 Å². The van der Waals surface area contributed by atoms with Crippen molar-refractivity contribution in [1.82, 2.24) is 4.57 Å². The fourth-order valence-electron chi connectivity index (χ4n) is 4.40. The molecule has 6 nitrogen and oxygen atoms in total. The number of aliphatic hydroxyl groups is 4. The summed E-state index contributed by atoms with van der Waals surface area (Å²) >= 11 is 7.81. The fraction of sp³-hybridized carbons (Fsp3) is 0.280. The Balaban J connectivity index is 1.60. The summed E-state index contributed by atoms with van der Waals surface area (Å²) in [5.41, 5.74) is 1.58. The lowest BCUT2D eigenvalue weighted by Crippen LogP contribution is -2.56. The van der Waals surface area contributed by atoms with Gasteiger partial charge in [0.15, 0.2) is 6.23 Å². The minimum atomic E-state index is -1.55. The Morgan fingerprint density at radius 2 is 1.74 bits per heavy atom. The van der Waals surface area contributed by atoms with Gasteiger partial charge in [0, 0.05) is 21.4 Å². The molecule has 4 aromatic rings. The molecular weight excluding hydrogens is 481 g/mol. The quantitative estimate of drug-likeness (QED) is 0.336. The third-order valence-corrected chi connectivity index (χ3v) is 7.47. The van der Waals surface area contributed by atoms with Crippen molar-refractivity contribution >= 4 is 45.0 Å². The zero-order valence-electron chi connectivity index (χ0n) is 18.1. The lowest BCUT2D eigenvalue weighted by molar-refractivity contribution is -0.250. The van der Waals surface area contributed by atoms with E-state index in [1.165, 1.54) is 28.0 Å². The molecule has 0 spiro atoms. The minimum absolute atomic E-state index is 0.104. The Morgan fingerprint density at radius 3 is 2.50 bits per heavy atom. The van der Waals surface area contributed by atoms with Crippen molar-refractivity contribution in [2.24, 2.45) is 0 Å². The van der Waals surface area contributed by atoms with Crippen molar-refractivity contribution in [2.75, 3.05) is 6.61 Å². The molecule has 0 saturated carbocycles. The highest BCUT2D eigenvalue weighted by molar-refractivity contribution is 7.99. The summed E-state index contributed by atoms with van der Waals surface area (Å²) in [6.07, 6.45) is -5.10. The first-order chi connectivity index (χ1) is 16.3. The molecule has 2 heterocycles. The molecule has 1 aliphatic heterocycles. The van der Waals surface area contributed by atoms with Crippen LogP contribution >= 0.6 is 23.4 Å². The van der Waals surface area contributed by atoms with E-state index in [1.807, 2.05) is 37.3 Å². The maximum Gasteiger partial charge on any atom is 0.163 e.